The van der Waals surface area contributed by atoms with Crippen LogP contribution in [0.5, 0.6) is 5.75 Å². The van der Waals surface area contributed by atoms with E-state index in [9.17, 15) is 4.79 Å². The summed E-state index contributed by atoms with van der Waals surface area (Å²) in [5.41, 5.74) is 3.35. The summed E-state index contributed by atoms with van der Waals surface area (Å²) in [6, 6.07) is 20.8. The van der Waals surface area contributed by atoms with E-state index in [0.717, 1.165) is 22.6 Å². The van der Waals surface area contributed by atoms with E-state index < -0.39 is 5.97 Å². The average Bonchev–Trinajstić information content (AvgIpc) is 2.68. The quantitative estimate of drug-likeness (QED) is 0.646. The van der Waals surface area contributed by atoms with Crippen LogP contribution in [0.3, 0.4) is 0 Å². The summed E-state index contributed by atoms with van der Waals surface area (Å²) in [7, 11) is 1.65. The summed E-state index contributed by atoms with van der Waals surface area (Å²) in [6.45, 7) is 0.601. The fraction of sp³-hybridized carbons (Fsp3) is 0.0909. The van der Waals surface area contributed by atoms with Crippen molar-refractivity contribution in [2.45, 2.75) is 6.54 Å². The van der Waals surface area contributed by atoms with E-state index in [1.165, 1.54) is 0 Å². The largest absolute Gasteiger partial charge is 1.00 e. The van der Waals surface area contributed by atoms with E-state index in [1.54, 1.807) is 25.3 Å². The van der Waals surface area contributed by atoms with Crippen LogP contribution in [0.15, 0.2) is 72.9 Å². The highest BCUT2D eigenvalue weighted by atomic mass is 35.5. The number of hydrogen-bond donors (Lipinski definition) is 1. The van der Waals surface area contributed by atoms with Crippen molar-refractivity contribution in [1.29, 1.82) is 0 Å². The molecule has 4 nitrogen and oxygen atoms in total. The molecule has 0 aliphatic heterocycles. The molecule has 0 spiro atoms. The van der Waals surface area contributed by atoms with Crippen LogP contribution < -0.4 is 21.7 Å². The molecule has 0 bridgehead atoms. The lowest BCUT2D eigenvalue weighted by atomic mass is 10.1. The number of pyridine rings is 1. The Morgan fingerprint density at radius 3 is 2.52 bits per heavy atom. The predicted molar refractivity (Wildman–Crippen MR) is 101 cm³/mol. The van der Waals surface area contributed by atoms with Crippen LogP contribution in [0.1, 0.15) is 27.2 Å². The second-order valence-corrected chi connectivity index (χ2v) is 5.87. The minimum Gasteiger partial charge on any atom is -1.00 e. The minimum atomic E-state index is -0.912. The van der Waals surface area contributed by atoms with Crippen LogP contribution in [-0.2, 0) is 6.54 Å². The number of methoxy groups -OCH3 is 1. The highest BCUT2D eigenvalue weighted by Gasteiger charge is 2.10. The number of rotatable bonds is 6. The molecule has 5 heteroatoms. The summed E-state index contributed by atoms with van der Waals surface area (Å²) in [5.74, 6) is -0.0835. The predicted octanol–water partition coefficient (Wildman–Crippen LogP) is 0.904. The Morgan fingerprint density at radius 2 is 1.81 bits per heavy atom. The van der Waals surface area contributed by atoms with Gasteiger partial charge in [-0.05, 0) is 42.0 Å². The third kappa shape index (κ3) is 5.43. The Morgan fingerprint density at radius 1 is 1.04 bits per heavy atom. The molecule has 1 heterocycles. The van der Waals surface area contributed by atoms with Crippen LogP contribution in [0.25, 0.3) is 12.2 Å². The van der Waals surface area contributed by atoms with Gasteiger partial charge in [0.1, 0.15) is 5.75 Å². The number of carboxylic acids is 1. The van der Waals surface area contributed by atoms with Crippen LogP contribution in [0.2, 0.25) is 0 Å². The average molecular weight is 382 g/mol. The summed E-state index contributed by atoms with van der Waals surface area (Å²) in [6.07, 6.45) is 6.07. The van der Waals surface area contributed by atoms with E-state index >= 15 is 0 Å². The molecular formula is C22H20ClNO3. The number of aromatic carboxylic acids is 1. The molecule has 2 aromatic carbocycles. The molecule has 0 amide bonds. The molecule has 0 saturated heterocycles. The molecule has 1 N–H and O–H groups in total. The molecule has 0 atom stereocenters. The van der Waals surface area contributed by atoms with E-state index in [2.05, 4.69) is 4.57 Å². The number of carbonyl (C=O) groups is 1. The second-order valence-electron chi connectivity index (χ2n) is 5.87. The molecule has 0 unspecified atom stereocenters. The van der Waals surface area contributed by atoms with Crippen molar-refractivity contribution in [2.75, 3.05) is 7.11 Å². The van der Waals surface area contributed by atoms with Gasteiger partial charge in [0.05, 0.1) is 12.7 Å². The molecule has 3 rings (SSSR count). The Labute approximate surface area is 164 Å². The van der Waals surface area contributed by atoms with Gasteiger partial charge in [0.25, 0.3) is 0 Å². The van der Waals surface area contributed by atoms with Crippen LogP contribution in [-0.4, -0.2) is 18.2 Å². The zero-order valence-corrected chi connectivity index (χ0v) is 15.6. The first kappa shape index (κ1) is 20.2. The van der Waals surface area contributed by atoms with E-state index in [-0.39, 0.29) is 12.4 Å². The first-order valence-electron chi connectivity index (χ1n) is 8.28. The molecule has 0 fully saturated rings. The highest BCUT2D eigenvalue weighted by Crippen LogP contribution is 2.13. The fourth-order valence-corrected chi connectivity index (χ4v) is 2.68. The summed E-state index contributed by atoms with van der Waals surface area (Å²) in [5, 5.41) is 9.15. The van der Waals surface area contributed by atoms with Crippen LogP contribution in [0.4, 0.5) is 0 Å². The molecule has 1 aromatic heterocycles. The lowest BCUT2D eigenvalue weighted by Gasteiger charge is -2.03. The van der Waals surface area contributed by atoms with Gasteiger partial charge in [-0.15, -0.1) is 0 Å². The van der Waals surface area contributed by atoms with Crippen molar-refractivity contribution in [3.8, 4) is 5.75 Å². The van der Waals surface area contributed by atoms with E-state index in [1.807, 2.05) is 66.9 Å². The van der Waals surface area contributed by atoms with E-state index in [4.69, 9.17) is 9.84 Å². The molecule has 0 radical (unpaired) electrons. The van der Waals surface area contributed by atoms with Crippen molar-refractivity contribution in [2.24, 2.45) is 0 Å². The number of ether oxygens (including phenoxy) is 1. The second kappa shape index (κ2) is 9.55. The van der Waals surface area contributed by atoms with Crippen molar-refractivity contribution in [3.05, 3.63) is 95.3 Å². The van der Waals surface area contributed by atoms with Gasteiger partial charge in [-0.1, -0.05) is 24.3 Å². The summed E-state index contributed by atoms with van der Waals surface area (Å²) >= 11 is 0. The normalized spacial score (nSPS) is 10.4. The van der Waals surface area contributed by atoms with Crippen molar-refractivity contribution < 1.29 is 31.6 Å². The first-order chi connectivity index (χ1) is 12.7. The Bertz CT molecular complexity index is 936. The van der Waals surface area contributed by atoms with Gasteiger partial charge in [-0.25, -0.2) is 4.79 Å². The van der Waals surface area contributed by atoms with Gasteiger partial charge in [-0.2, -0.15) is 4.57 Å². The number of benzene rings is 2. The van der Waals surface area contributed by atoms with Gasteiger partial charge in [0.15, 0.2) is 12.7 Å². The monoisotopic (exact) mass is 381 g/mol. The standard InChI is InChI=1S/C22H19NO3.ClH/c1-26-21-12-9-17(10-13-21)8-11-20-7-2-3-14-23(20)16-18-5-4-6-19(15-18)22(24)25;/h2-15H,16H2,1H3;1H/b11-8+;. The van der Waals surface area contributed by atoms with Gasteiger partial charge in [0.2, 0.25) is 5.69 Å². The number of hydrogen-bond acceptors (Lipinski definition) is 2. The van der Waals surface area contributed by atoms with Crippen LogP contribution >= 0.6 is 0 Å². The molecule has 0 aliphatic rings. The third-order valence-corrected chi connectivity index (χ3v) is 4.06. The molecule has 0 aliphatic carbocycles. The zero-order chi connectivity index (χ0) is 18.4. The fourth-order valence-electron chi connectivity index (χ4n) is 2.68. The van der Waals surface area contributed by atoms with Gasteiger partial charge in [-0.3, -0.25) is 0 Å². The third-order valence-electron chi connectivity index (χ3n) is 4.06. The molecule has 27 heavy (non-hydrogen) atoms. The number of aromatic nitrogens is 1. The Kier molecular flexibility index (Phi) is 7.15. The SMILES string of the molecule is COc1ccc(/C=C/c2cccc[n+]2Cc2cccc(C(=O)O)c2)cc1.[Cl-]. The lowest BCUT2D eigenvalue weighted by molar-refractivity contribution is -0.690. The maximum atomic E-state index is 11.2. The number of carboxylic acid groups (broad SMARTS) is 1. The smallest absolute Gasteiger partial charge is 0.335 e. The zero-order valence-electron chi connectivity index (χ0n) is 14.9. The highest BCUT2D eigenvalue weighted by molar-refractivity contribution is 5.87. The van der Waals surface area contributed by atoms with Crippen molar-refractivity contribution >= 4 is 18.1 Å². The Balaban J connectivity index is 0.00000261. The molecule has 0 saturated carbocycles. The van der Waals surface area contributed by atoms with Gasteiger partial charge >= 0.3 is 5.97 Å². The summed E-state index contributed by atoms with van der Waals surface area (Å²) < 4.78 is 7.26. The lowest BCUT2D eigenvalue weighted by Crippen LogP contribution is -3.00. The maximum absolute atomic E-state index is 11.2. The van der Waals surface area contributed by atoms with Crippen molar-refractivity contribution in [1.82, 2.24) is 0 Å². The number of halogens is 1. The topological polar surface area (TPSA) is 50.4 Å². The molecule has 138 valence electrons. The summed E-state index contributed by atoms with van der Waals surface area (Å²) in [4.78, 5) is 11.2. The minimum absolute atomic E-state index is 0. The van der Waals surface area contributed by atoms with Crippen molar-refractivity contribution in [3.63, 3.8) is 0 Å². The molecular weight excluding hydrogens is 362 g/mol. The molecule has 3 aromatic rings. The van der Waals surface area contributed by atoms with Gasteiger partial charge in [0, 0.05) is 23.8 Å². The van der Waals surface area contributed by atoms with Crippen LogP contribution in [0, 0.1) is 0 Å². The maximum Gasteiger partial charge on any atom is 0.335 e. The Hall–Kier alpha value is -3.11. The first-order valence-corrected chi connectivity index (χ1v) is 8.28. The number of nitrogens with zero attached hydrogens (tertiary/aromatic N) is 1. The van der Waals surface area contributed by atoms with Gasteiger partial charge < -0.3 is 22.3 Å². The van der Waals surface area contributed by atoms with E-state index in [0.29, 0.717) is 12.1 Å².